The largest absolute Gasteiger partial charge is 0.428 e. The molecule has 0 amide bonds. The van der Waals surface area contributed by atoms with Crippen molar-refractivity contribution in [3.63, 3.8) is 0 Å². The van der Waals surface area contributed by atoms with Crippen molar-refractivity contribution >= 4 is 42.8 Å². The van der Waals surface area contributed by atoms with E-state index in [0.717, 1.165) is 17.1 Å². The molecule has 0 saturated heterocycles. The quantitative estimate of drug-likeness (QED) is 0.304. The van der Waals surface area contributed by atoms with Crippen LogP contribution >= 0.6 is 0 Å². The van der Waals surface area contributed by atoms with Gasteiger partial charge in [0.05, 0.1) is 0 Å². The van der Waals surface area contributed by atoms with Gasteiger partial charge in [-0.15, -0.1) is 0 Å². The van der Waals surface area contributed by atoms with Crippen LogP contribution in [-0.2, 0) is 4.43 Å². The minimum Gasteiger partial charge on any atom is -0.428 e. The molecule has 112 valence electrons. The topological polar surface area (TPSA) is 9.23 Å². The highest BCUT2D eigenvalue weighted by Crippen LogP contribution is 2.33. The van der Waals surface area contributed by atoms with Crippen LogP contribution in [0.15, 0.2) is 60.7 Å². The second-order valence-corrected chi connectivity index (χ2v) is 6.21. The second-order valence-electron chi connectivity index (χ2n) is 5.64. The van der Waals surface area contributed by atoms with Gasteiger partial charge in [0.15, 0.2) is 0 Å². The van der Waals surface area contributed by atoms with Crippen LogP contribution in [0.2, 0.25) is 0 Å². The number of hydrogen-bond acceptors (Lipinski definition) is 1. The Morgan fingerprint density at radius 2 is 1.14 bits per heavy atom. The molecule has 0 aromatic heterocycles. The molecule has 0 heterocycles. The average Bonchev–Trinajstić information content (AvgIpc) is 2.59. The molecule has 0 aliphatic carbocycles. The van der Waals surface area contributed by atoms with E-state index in [0.29, 0.717) is 0 Å². The van der Waals surface area contributed by atoms with Crippen LogP contribution in [0.1, 0.15) is 19.8 Å². The van der Waals surface area contributed by atoms with Crippen LogP contribution < -0.4 is 0 Å². The molecule has 0 atom stereocenters. The number of benzene rings is 4. The molecule has 0 bridgehead atoms. The van der Waals surface area contributed by atoms with Crippen molar-refractivity contribution in [2.75, 3.05) is 6.61 Å². The first-order valence-electron chi connectivity index (χ1n) is 7.96. The van der Waals surface area contributed by atoms with Crippen molar-refractivity contribution in [1.29, 1.82) is 0 Å². The summed E-state index contributed by atoms with van der Waals surface area (Å²) in [5, 5.41) is 8.14. The second kappa shape index (κ2) is 6.90. The lowest BCUT2D eigenvalue weighted by Gasteiger charge is -2.09. The average molecular weight is 306 g/mol. The highest BCUT2D eigenvalue weighted by molar-refractivity contribution is 6.22. The summed E-state index contributed by atoms with van der Waals surface area (Å²) < 4.78 is 4.92. The third-order valence-electron chi connectivity index (χ3n) is 4.09. The van der Waals surface area contributed by atoms with E-state index >= 15 is 0 Å². The van der Waals surface area contributed by atoms with Gasteiger partial charge >= 0.3 is 0 Å². The smallest absolute Gasteiger partial charge is 0.145 e. The van der Waals surface area contributed by atoms with Crippen molar-refractivity contribution in [2.24, 2.45) is 0 Å². The zero-order valence-corrected chi connectivity index (χ0v) is 15.3. The first kappa shape index (κ1) is 15.0. The molecule has 4 rings (SSSR count). The Bertz CT molecular complexity index is 735. The van der Waals surface area contributed by atoms with E-state index in [2.05, 4.69) is 67.6 Å². The zero-order valence-electron chi connectivity index (χ0n) is 13.3. The fourth-order valence-electron chi connectivity index (χ4n) is 2.96. The minimum atomic E-state index is 0.903. The summed E-state index contributed by atoms with van der Waals surface area (Å²) in [7, 11) is 0.903. The minimum absolute atomic E-state index is 0.903. The van der Waals surface area contributed by atoms with Gasteiger partial charge in [-0.1, -0.05) is 74.0 Å². The van der Waals surface area contributed by atoms with E-state index in [9.17, 15) is 0 Å². The predicted molar refractivity (Wildman–Crippen MR) is 101 cm³/mol. The van der Waals surface area contributed by atoms with Crippen molar-refractivity contribution in [3.05, 3.63) is 60.7 Å². The van der Waals surface area contributed by atoms with E-state index in [-0.39, 0.29) is 0 Å². The molecule has 0 aliphatic heterocycles. The Hall–Kier alpha value is -1.90. The molecule has 0 unspecified atom stereocenters. The van der Waals surface area contributed by atoms with Crippen LogP contribution in [0.25, 0.3) is 32.3 Å². The maximum Gasteiger partial charge on any atom is 0.145 e. The van der Waals surface area contributed by atoms with Crippen molar-refractivity contribution in [1.82, 2.24) is 0 Å². The van der Waals surface area contributed by atoms with Crippen LogP contribution in [0.5, 0.6) is 0 Å². The summed E-state index contributed by atoms with van der Waals surface area (Å²) in [5.74, 6) is 0. The lowest BCUT2D eigenvalue weighted by atomic mass is 9.95. The molecule has 0 N–H and O–H groups in total. The van der Waals surface area contributed by atoms with Crippen LogP contribution in [0.4, 0.5) is 0 Å². The molecule has 22 heavy (non-hydrogen) atoms. The van der Waals surface area contributed by atoms with Crippen molar-refractivity contribution < 1.29 is 4.43 Å². The molecule has 1 nitrogen and oxygen atoms in total. The van der Waals surface area contributed by atoms with E-state index in [1.165, 1.54) is 45.2 Å². The molecule has 0 spiro atoms. The van der Waals surface area contributed by atoms with Crippen molar-refractivity contribution in [2.45, 2.75) is 19.8 Å². The SMILES string of the molecule is CCCCO[SiH3].c1cc2ccc3cccc4ccc(c1)c2c34. The lowest BCUT2D eigenvalue weighted by molar-refractivity contribution is 0.339. The summed E-state index contributed by atoms with van der Waals surface area (Å²) in [6, 6.07) is 21.9. The molecule has 0 radical (unpaired) electrons. The van der Waals surface area contributed by atoms with Crippen molar-refractivity contribution in [3.8, 4) is 0 Å². The number of hydrogen-bond donors (Lipinski definition) is 0. The molecule has 4 aromatic carbocycles. The summed E-state index contributed by atoms with van der Waals surface area (Å²) >= 11 is 0. The Kier molecular flexibility index (Phi) is 4.71. The first-order valence-corrected chi connectivity index (χ1v) is 8.78. The van der Waals surface area contributed by atoms with Gasteiger partial charge in [-0.25, -0.2) is 0 Å². The lowest BCUT2D eigenvalue weighted by Crippen LogP contribution is -1.85. The third-order valence-corrected chi connectivity index (χ3v) is 4.50. The number of rotatable bonds is 3. The van der Waals surface area contributed by atoms with Gasteiger partial charge in [0, 0.05) is 6.61 Å². The van der Waals surface area contributed by atoms with Gasteiger partial charge < -0.3 is 4.43 Å². The standard InChI is InChI=1S/C16H10.C4H12OSi/c1-3-11-7-9-13-5-2-6-14-10-8-12(4-1)15(11)16(13)14;1-2-3-4-5-6/h1-10H;2-4H2,1,6H3. The zero-order chi connectivity index (χ0) is 15.4. The van der Waals surface area contributed by atoms with Crippen LogP contribution in [0, 0.1) is 0 Å². The maximum atomic E-state index is 4.92. The van der Waals surface area contributed by atoms with Gasteiger partial charge in [-0.2, -0.15) is 0 Å². The molecule has 0 aliphatic rings. The summed E-state index contributed by atoms with van der Waals surface area (Å²) in [5.41, 5.74) is 0. The van der Waals surface area contributed by atoms with Gasteiger partial charge in [-0.05, 0) is 38.7 Å². The molecule has 4 aromatic rings. The van der Waals surface area contributed by atoms with Gasteiger partial charge in [0.2, 0.25) is 0 Å². The van der Waals surface area contributed by atoms with Gasteiger partial charge in [0.25, 0.3) is 0 Å². The predicted octanol–water partition coefficient (Wildman–Crippen LogP) is 4.67. The van der Waals surface area contributed by atoms with Gasteiger partial charge in [0.1, 0.15) is 10.5 Å². The normalized spacial score (nSPS) is 11.1. The molecular formula is C20H22OSi. The van der Waals surface area contributed by atoms with E-state index in [1.54, 1.807) is 0 Å². The van der Waals surface area contributed by atoms with Crippen LogP contribution in [0.3, 0.4) is 0 Å². The van der Waals surface area contributed by atoms with E-state index < -0.39 is 0 Å². The van der Waals surface area contributed by atoms with E-state index in [1.807, 2.05) is 0 Å². The highest BCUT2D eigenvalue weighted by atomic mass is 28.2. The third kappa shape index (κ3) is 2.85. The molecular weight excluding hydrogens is 284 g/mol. The Balaban J connectivity index is 0.000000209. The molecule has 2 heteroatoms. The fraction of sp³-hybridized carbons (Fsp3) is 0.200. The molecule has 0 fully saturated rings. The molecule has 0 saturated carbocycles. The Labute approximate surface area is 134 Å². The highest BCUT2D eigenvalue weighted by Gasteiger charge is 2.05. The monoisotopic (exact) mass is 306 g/mol. The Morgan fingerprint density at radius 1 is 0.727 bits per heavy atom. The maximum absolute atomic E-state index is 4.92. The number of unbranched alkanes of at least 4 members (excludes halogenated alkanes) is 1. The summed E-state index contributed by atoms with van der Waals surface area (Å²) in [4.78, 5) is 0. The Morgan fingerprint density at radius 3 is 1.41 bits per heavy atom. The summed E-state index contributed by atoms with van der Waals surface area (Å²) in [6.45, 7) is 3.14. The van der Waals surface area contributed by atoms with E-state index in [4.69, 9.17) is 4.43 Å². The summed E-state index contributed by atoms with van der Waals surface area (Å²) in [6.07, 6.45) is 2.48. The van der Waals surface area contributed by atoms with Crippen LogP contribution in [-0.4, -0.2) is 17.1 Å². The fourth-order valence-corrected chi connectivity index (χ4v) is 3.25. The first-order chi connectivity index (χ1) is 10.8. The van der Waals surface area contributed by atoms with Gasteiger partial charge in [-0.3, -0.25) is 0 Å².